The van der Waals surface area contributed by atoms with E-state index in [0.717, 1.165) is 28.8 Å². The number of Topliss-reactive ketones (excluding diaryl/α,β-unsaturated/α-hetero) is 1. The molecule has 8 heteroatoms. The average Bonchev–Trinajstić information content (AvgIpc) is 3.35. The first-order valence-corrected chi connectivity index (χ1v) is 14.0. The van der Waals surface area contributed by atoms with Crippen LogP contribution in [0, 0.1) is 18.8 Å². The smallest absolute Gasteiger partial charge is 0.261 e. The molecule has 36 heavy (non-hydrogen) atoms. The van der Waals surface area contributed by atoms with E-state index in [9.17, 15) is 13.2 Å². The van der Waals surface area contributed by atoms with Crippen molar-refractivity contribution >= 4 is 38.8 Å². The molecule has 0 saturated carbocycles. The van der Waals surface area contributed by atoms with Gasteiger partial charge in [-0.25, -0.2) is 8.42 Å². The van der Waals surface area contributed by atoms with Gasteiger partial charge in [0.25, 0.3) is 10.0 Å². The molecule has 0 radical (unpaired) electrons. The van der Waals surface area contributed by atoms with Crippen LogP contribution < -0.4 is 10.0 Å². The first kappa shape index (κ1) is 24.8. The lowest BCUT2D eigenvalue weighted by atomic mass is 9.81. The SMILES string of the molecule is Cc1ccc(NS(=O)(=O)c2ccc3c(c2)C2OCCC2C(c2ccc(C(=O)C(C)C)cc2)N3)cc1Cl. The fourth-order valence-corrected chi connectivity index (χ4v) is 6.27. The molecule has 2 aliphatic rings. The lowest BCUT2D eigenvalue weighted by Gasteiger charge is -2.36. The van der Waals surface area contributed by atoms with E-state index in [1.807, 2.05) is 45.0 Å². The van der Waals surface area contributed by atoms with E-state index in [2.05, 4.69) is 10.0 Å². The van der Waals surface area contributed by atoms with Crippen LogP contribution >= 0.6 is 11.6 Å². The zero-order valence-corrected chi connectivity index (χ0v) is 22.0. The van der Waals surface area contributed by atoms with E-state index in [1.54, 1.807) is 36.4 Å². The number of sulfonamides is 1. The summed E-state index contributed by atoms with van der Waals surface area (Å²) in [5, 5.41) is 4.10. The summed E-state index contributed by atoms with van der Waals surface area (Å²) in [6, 6.07) is 18.0. The van der Waals surface area contributed by atoms with Gasteiger partial charge in [-0.3, -0.25) is 9.52 Å². The maximum absolute atomic E-state index is 13.2. The van der Waals surface area contributed by atoms with Crippen molar-refractivity contribution in [1.82, 2.24) is 0 Å². The van der Waals surface area contributed by atoms with Gasteiger partial charge in [0, 0.05) is 40.3 Å². The van der Waals surface area contributed by atoms with Gasteiger partial charge < -0.3 is 10.1 Å². The molecule has 3 aromatic rings. The van der Waals surface area contributed by atoms with Gasteiger partial charge in [-0.05, 0) is 54.8 Å². The van der Waals surface area contributed by atoms with Gasteiger partial charge in [0.2, 0.25) is 0 Å². The number of nitrogens with one attached hydrogen (secondary N) is 2. The summed E-state index contributed by atoms with van der Waals surface area (Å²) in [5.74, 6) is 0.220. The van der Waals surface area contributed by atoms with Crippen LogP contribution in [0.2, 0.25) is 5.02 Å². The molecule has 3 aromatic carbocycles. The highest BCUT2D eigenvalue weighted by Gasteiger charge is 2.42. The fourth-order valence-electron chi connectivity index (χ4n) is 5.01. The van der Waals surface area contributed by atoms with Crippen LogP contribution in [0.1, 0.15) is 59.5 Å². The second kappa shape index (κ2) is 9.54. The molecule has 0 bridgehead atoms. The summed E-state index contributed by atoms with van der Waals surface area (Å²) < 4.78 is 35.0. The lowest BCUT2D eigenvalue weighted by Crippen LogP contribution is -2.29. The predicted molar refractivity (Wildman–Crippen MR) is 142 cm³/mol. The van der Waals surface area contributed by atoms with Crippen molar-refractivity contribution in [3.8, 4) is 0 Å². The van der Waals surface area contributed by atoms with Gasteiger partial charge in [0.15, 0.2) is 5.78 Å². The molecule has 0 amide bonds. The molecular weight excluding hydrogens is 496 g/mol. The van der Waals surface area contributed by atoms with Crippen molar-refractivity contribution in [2.75, 3.05) is 16.6 Å². The van der Waals surface area contributed by atoms with Crippen molar-refractivity contribution in [3.63, 3.8) is 0 Å². The monoisotopic (exact) mass is 524 g/mol. The van der Waals surface area contributed by atoms with E-state index in [4.69, 9.17) is 16.3 Å². The predicted octanol–water partition coefficient (Wildman–Crippen LogP) is 6.53. The van der Waals surface area contributed by atoms with Crippen molar-refractivity contribution in [3.05, 3.63) is 87.9 Å². The Morgan fingerprint density at radius 1 is 1.08 bits per heavy atom. The highest BCUT2D eigenvalue weighted by molar-refractivity contribution is 7.92. The van der Waals surface area contributed by atoms with Crippen LogP contribution in [-0.2, 0) is 14.8 Å². The Hall–Kier alpha value is -2.87. The second-order valence-electron chi connectivity index (χ2n) is 9.83. The van der Waals surface area contributed by atoms with Crippen LogP contribution in [0.5, 0.6) is 0 Å². The molecule has 2 aliphatic heterocycles. The number of halogens is 1. The van der Waals surface area contributed by atoms with Crippen LogP contribution in [0.3, 0.4) is 0 Å². The average molecular weight is 525 g/mol. The Morgan fingerprint density at radius 2 is 1.83 bits per heavy atom. The standard InChI is InChI=1S/C28H29ClN2O4S/c1-16(2)27(32)19-7-5-18(6-8-19)26-22-12-13-35-28(22)23-15-21(10-11-25(23)30-26)36(33,34)31-20-9-4-17(3)24(29)14-20/h4-11,14-16,22,26,28,30-31H,12-13H2,1-3H3. The number of carbonyl (C=O) groups is 1. The first-order valence-electron chi connectivity index (χ1n) is 12.1. The van der Waals surface area contributed by atoms with E-state index >= 15 is 0 Å². The molecule has 5 rings (SSSR count). The normalized spacial score (nSPS) is 21.0. The Morgan fingerprint density at radius 3 is 2.53 bits per heavy atom. The van der Waals surface area contributed by atoms with Crippen LogP contribution in [0.4, 0.5) is 11.4 Å². The molecule has 2 N–H and O–H groups in total. The van der Waals surface area contributed by atoms with Crippen molar-refractivity contribution in [1.29, 1.82) is 0 Å². The number of anilines is 2. The topological polar surface area (TPSA) is 84.5 Å². The Balaban J connectivity index is 1.43. The second-order valence-corrected chi connectivity index (χ2v) is 11.9. The van der Waals surface area contributed by atoms with Gasteiger partial charge >= 0.3 is 0 Å². The third-order valence-corrected chi connectivity index (χ3v) is 8.81. The number of fused-ring (bicyclic) bond motifs is 3. The molecule has 2 heterocycles. The molecule has 1 saturated heterocycles. The zero-order chi connectivity index (χ0) is 25.6. The number of aryl methyl sites for hydroxylation is 1. The highest BCUT2D eigenvalue weighted by Crippen LogP contribution is 2.50. The zero-order valence-electron chi connectivity index (χ0n) is 20.4. The van der Waals surface area contributed by atoms with E-state index in [1.165, 1.54) is 0 Å². The van der Waals surface area contributed by atoms with Crippen molar-refractivity contribution in [2.24, 2.45) is 11.8 Å². The largest absolute Gasteiger partial charge is 0.378 e. The van der Waals surface area contributed by atoms with Crippen LogP contribution in [0.15, 0.2) is 65.6 Å². The summed E-state index contributed by atoms with van der Waals surface area (Å²) >= 11 is 6.17. The van der Waals surface area contributed by atoms with Crippen LogP contribution in [0.25, 0.3) is 0 Å². The molecule has 3 atom stereocenters. The van der Waals surface area contributed by atoms with Crippen molar-refractivity contribution < 1.29 is 17.9 Å². The third-order valence-electron chi connectivity index (χ3n) is 7.02. The quantitative estimate of drug-likeness (QED) is 0.358. The molecule has 0 aliphatic carbocycles. The first-order chi connectivity index (χ1) is 17.1. The van der Waals surface area contributed by atoms with E-state index in [0.29, 0.717) is 22.9 Å². The summed E-state index contributed by atoms with van der Waals surface area (Å²) in [6.07, 6.45) is 0.637. The van der Waals surface area contributed by atoms with Gasteiger partial charge in [-0.2, -0.15) is 0 Å². The number of ether oxygens (including phenoxy) is 1. The highest BCUT2D eigenvalue weighted by atomic mass is 35.5. The third kappa shape index (κ3) is 4.63. The molecule has 0 aromatic heterocycles. The minimum absolute atomic E-state index is 0.00323. The van der Waals surface area contributed by atoms with Gasteiger partial charge in [-0.15, -0.1) is 0 Å². The maximum Gasteiger partial charge on any atom is 0.261 e. The lowest BCUT2D eigenvalue weighted by molar-refractivity contribution is 0.0827. The van der Waals surface area contributed by atoms with Gasteiger partial charge in [0.05, 0.1) is 22.7 Å². The number of rotatable bonds is 6. The molecule has 1 fully saturated rings. The molecule has 6 nitrogen and oxygen atoms in total. The van der Waals surface area contributed by atoms with Crippen LogP contribution in [-0.4, -0.2) is 20.8 Å². The number of benzene rings is 3. The molecule has 188 valence electrons. The number of hydrogen-bond donors (Lipinski definition) is 2. The molecule has 3 unspecified atom stereocenters. The molecular formula is C28H29ClN2O4S. The number of carbonyl (C=O) groups excluding carboxylic acids is 1. The minimum atomic E-state index is -3.81. The summed E-state index contributed by atoms with van der Waals surface area (Å²) in [5.41, 5.74) is 4.76. The fraction of sp³-hybridized carbons (Fsp3) is 0.321. The summed E-state index contributed by atoms with van der Waals surface area (Å²) in [4.78, 5) is 12.5. The number of hydrogen-bond acceptors (Lipinski definition) is 5. The Bertz CT molecular complexity index is 1420. The van der Waals surface area contributed by atoms with Gasteiger partial charge in [-0.1, -0.05) is 55.8 Å². The minimum Gasteiger partial charge on any atom is -0.378 e. The summed E-state index contributed by atoms with van der Waals surface area (Å²) in [6.45, 7) is 6.27. The summed E-state index contributed by atoms with van der Waals surface area (Å²) in [7, 11) is -3.81. The Labute approximate surface area is 217 Å². The van der Waals surface area contributed by atoms with E-state index in [-0.39, 0.29) is 34.7 Å². The van der Waals surface area contributed by atoms with Gasteiger partial charge in [0.1, 0.15) is 0 Å². The Kier molecular flexibility index (Phi) is 6.57. The number of ketones is 1. The molecule has 0 spiro atoms. The van der Waals surface area contributed by atoms with E-state index < -0.39 is 10.0 Å². The maximum atomic E-state index is 13.2. The van der Waals surface area contributed by atoms with Crippen molar-refractivity contribution in [2.45, 2.75) is 44.2 Å².